The van der Waals surface area contributed by atoms with Gasteiger partial charge >= 0.3 is 0 Å². The first-order chi connectivity index (χ1) is 17.5. The number of carbonyl (C=O) groups is 2. The van der Waals surface area contributed by atoms with Crippen LogP contribution in [0.25, 0.3) is 6.08 Å². The average molecular weight is 509 g/mol. The number of anilines is 2. The van der Waals surface area contributed by atoms with Crippen molar-refractivity contribution in [1.82, 2.24) is 9.80 Å². The van der Waals surface area contributed by atoms with Crippen LogP contribution in [0.1, 0.15) is 33.0 Å². The van der Waals surface area contributed by atoms with Crippen molar-refractivity contribution in [1.29, 1.82) is 0 Å². The van der Waals surface area contributed by atoms with Gasteiger partial charge in [-0.25, -0.2) is 9.98 Å². The first-order valence-electron chi connectivity index (χ1n) is 12.0. The highest BCUT2D eigenvalue weighted by molar-refractivity contribution is 7.15. The van der Waals surface area contributed by atoms with Gasteiger partial charge in [0, 0.05) is 54.9 Å². The lowest BCUT2D eigenvalue weighted by Crippen LogP contribution is -2.40. The molecule has 0 unspecified atom stereocenters. The van der Waals surface area contributed by atoms with E-state index in [-0.39, 0.29) is 11.8 Å². The van der Waals surface area contributed by atoms with Crippen molar-refractivity contribution in [2.75, 3.05) is 57.6 Å². The average Bonchev–Trinajstić information content (AvgIpc) is 3.29. The molecule has 1 aromatic carbocycles. The maximum Gasteiger partial charge on any atom is 0.264 e. The number of benzene rings is 1. The van der Waals surface area contributed by atoms with Gasteiger partial charge in [-0.15, -0.1) is 11.3 Å². The van der Waals surface area contributed by atoms with E-state index in [2.05, 4.69) is 20.6 Å². The Balaban J connectivity index is 1.45. The molecule has 3 heterocycles. The van der Waals surface area contributed by atoms with Crippen LogP contribution in [-0.4, -0.2) is 80.7 Å². The Hall–Kier alpha value is -3.34. The molecular formula is C26H32N6O3S. The van der Waals surface area contributed by atoms with Crippen LogP contribution in [0.15, 0.2) is 46.4 Å². The quantitative estimate of drug-likeness (QED) is 0.622. The number of thiophene rings is 1. The third-order valence-corrected chi connectivity index (χ3v) is 6.79. The van der Waals surface area contributed by atoms with Crippen LogP contribution in [0.3, 0.4) is 0 Å². The minimum atomic E-state index is -0.0332. The largest absolute Gasteiger partial charge is 0.378 e. The molecule has 2 amide bonds. The second-order valence-electron chi connectivity index (χ2n) is 8.80. The number of morpholine rings is 1. The summed E-state index contributed by atoms with van der Waals surface area (Å²) in [4.78, 5) is 39.9. The number of carbonyl (C=O) groups excluding carboxylic acids is 2. The highest BCUT2D eigenvalue weighted by Crippen LogP contribution is 2.27. The van der Waals surface area contributed by atoms with Gasteiger partial charge in [0.1, 0.15) is 0 Å². The van der Waals surface area contributed by atoms with E-state index in [1.54, 1.807) is 6.21 Å². The fraction of sp³-hybridized carbons (Fsp3) is 0.385. The van der Waals surface area contributed by atoms with E-state index >= 15 is 0 Å². The van der Waals surface area contributed by atoms with E-state index in [4.69, 9.17) is 4.74 Å². The molecule has 0 radical (unpaired) electrons. The summed E-state index contributed by atoms with van der Waals surface area (Å²) in [5, 5.41) is 6.19. The molecule has 1 saturated heterocycles. The number of guanidine groups is 1. The van der Waals surface area contributed by atoms with Gasteiger partial charge in [0.15, 0.2) is 0 Å². The number of nitrogens with one attached hydrogen (secondary N) is 2. The Kier molecular flexibility index (Phi) is 8.99. The zero-order chi connectivity index (χ0) is 25.3. The maximum absolute atomic E-state index is 13.0. The molecule has 0 atom stereocenters. The van der Waals surface area contributed by atoms with Gasteiger partial charge in [0.05, 0.1) is 24.6 Å². The number of amides is 2. The lowest BCUT2D eigenvalue weighted by molar-refractivity contribution is -0.116. The van der Waals surface area contributed by atoms with E-state index in [0.29, 0.717) is 68.8 Å². The normalized spacial score (nSPS) is 19.1. The van der Waals surface area contributed by atoms with Crippen LogP contribution in [-0.2, 0) is 16.1 Å². The van der Waals surface area contributed by atoms with Gasteiger partial charge in [-0.05, 0) is 50.0 Å². The van der Waals surface area contributed by atoms with Crippen LogP contribution in [0.5, 0.6) is 0 Å². The predicted octanol–water partition coefficient (Wildman–Crippen LogP) is 3.57. The fourth-order valence-electron chi connectivity index (χ4n) is 3.74. The minimum absolute atomic E-state index is 0.0332. The van der Waals surface area contributed by atoms with Crippen LogP contribution < -0.4 is 10.6 Å². The minimum Gasteiger partial charge on any atom is -0.378 e. The van der Waals surface area contributed by atoms with Crippen molar-refractivity contribution in [2.24, 2.45) is 9.98 Å². The molecule has 2 aromatic rings. The number of nitrogens with zero attached hydrogens (tertiary/aromatic N) is 4. The number of ether oxygens (including phenoxy) is 1. The monoisotopic (exact) mass is 508 g/mol. The molecular weight excluding hydrogens is 476 g/mol. The molecule has 2 aliphatic heterocycles. The summed E-state index contributed by atoms with van der Waals surface area (Å²) in [5.41, 5.74) is 2.48. The van der Waals surface area contributed by atoms with Crippen molar-refractivity contribution < 1.29 is 14.3 Å². The molecule has 0 saturated carbocycles. The molecule has 2 aliphatic rings. The number of allylic oxidation sites excluding steroid dienone is 1. The van der Waals surface area contributed by atoms with E-state index in [1.165, 1.54) is 11.3 Å². The first kappa shape index (κ1) is 25.7. The number of fused-ring (bicyclic) bond motifs is 1. The van der Waals surface area contributed by atoms with Crippen molar-refractivity contribution >= 4 is 52.8 Å². The van der Waals surface area contributed by atoms with E-state index in [9.17, 15) is 9.59 Å². The summed E-state index contributed by atoms with van der Waals surface area (Å²) >= 11 is 1.50. The third-order valence-electron chi connectivity index (χ3n) is 5.66. The number of aliphatic imine (C=N–C) groups is 2. The summed E-state index contributed by atoms with van der Waals surface area (Å²) in [6.45, 7) is 3.48. The van der Waals surface area contributed by atoms with Crippen molar-refractivity contribution in [3.05, 3.63) is 51.7 Å². The van der Waals surface area contributed by atoms with Crippen LogP contribution in [0.4, 0.5) is 11.4 Å². The molecule has 2 N–H and O–H groups in total. The summed E-state index contributed by atoms with van der Waals surface area (Å²) in [6, 6.07) is 9.43. The summed E-state index contributed by atoms with van der Waals surface area (Å²) in [6.07, 6.45) is 6.95. The highest BCUT2D eigenvalue weighted by atomic mass is 32.1. The SMILES string of the molecule is CN(C)CCC(=O)Nc1cccc(NC2=N/Cc3cc(C(=O)N4CCOCC4)sc3/C=C\C/C=N\2)c1. The Labute approximate surface area is 215 Å². The molecule has 190 valence electrons. The third kappa shape index (κ3) is 7.33. The van der Waals surface area contributed by atoms with E-state index < -0.39 is 0 Å². The topological polar surface area (TPSA) is 98.6 Å². The molecule has 0 bridgehead atoms. The van der Waals surface area contributed by atoms with Gasteiger partial charge < -0.3 is 25.2 Å². The second-order valence-corrected chi connectivity index (χ2v) is 9.89. The summed E-state index contributed by atoms with van der Waals surface area (Å²) < 4.78 is 5.37. The lowest BCUT2D eigenvalue weighted by atomic mass is 10.2. The first-order valence-corrected chi connectivity index (χ1v) is 12.8. The standard InChI is InChI=1S/C26H32N6O3S/c1-31(2)11-9-24(33)29-20-6-5-7-21(17-20)30-26-27-10-4-3-8-22-19(18-28-26)16-23(36-22)25(34)32-12-14-35-15-13-32/h3,5-8,10,16-17H,4,9,11-15,18H2,1-2H3,(H,28,30)(H,29,33)/b8-3-,27-10-. The molecule has 4 rings (SSSR count). The Morgan fingerprint density at radius 1 is 1.17 bits per heavy atom. The molecule has 0 spiro atoms. The second kappa shape index (κ2) is 12.6. The van der Waals surface area contributed by atoms with E-state index in [0.717, 1.165) is 16.1 Å². The smallest absolute Gasteiger partial charge is 0.264 e. The van der Waals surface area contributed by atoms with Crippen molar-refractivity contribution in [3.63, 3.8) is 0 Å². The van der Waals surface area contributed by atoms with Crippen LogP contribution in [0, 0.1) is 0 Å². The molecule has 1 fully saturated rings. The van der Waals surface area contributed by atoms with E-state index in [1.807, 2.05) is 66.4 Å². The zero-order valence-corrected chi connectivity index (χ0v) is 21.5. The van der Waals surface area contributed by atoms with Crippen LogP contribution >= 0.6 is 11.3 Å². The van der Waals surface area contributed by atoms with Gasteiger partial charge in [0.2, 0.25) is 11.9 Å². The molecule has 10 heteroatoms. The maximum atomic E-state index is 13.0. The van der Waals surface area contributed by atoms with Gasteiger partial charge in [-0.3, -0.25) is 9.59 Å². The molecule has 1 aromatic heterocycles. The number of hydrogen-bond donors (Lipinski definition) is 2. The number of rotatable bonds is 6. The molecule has 9 nitrogen and oxygen atoms in total. The summed E-state index contributed by atoms with van der Waals surface area (Å²) in [7, 11) is 3.88. The van der Waals surface area contributed by atoms with Crippen molar-refractivity contribution in [2.45, 2.75) is 19.4 Å². The zero-order valence-electron chi connectivity index (χ0n) is 20.7. The van der Waals surface area contributed by atoms with Gasteiger partial charge in [-0.1, -0.05) is 12.1 Å². The Bertz CT molecular complexity index is 1160. The van der Waals surface area contributed by atoms with Gasteiger partial charge in [-0.2, -0.15) is 0 Å². The number of hydrogen-bond acceptors (Lipinski definition) is 8. The molecule has 0 aliphatic carbocycles. The predicted molar refractivity (Wildman–Crippen MR) is 146 cm³/mol. The highest BCUT2D eigenvalue weighted by Gasteiger charge is 2.21. The Morgan fingerprint density at radius 2 is 1.97 bits per heavy atom. The van der Waals surface area contributed by atoms with Crippen LogP contribution in [0.2, 0.25) is 0 Å². The molecule has 36 heavy (non-hydrogen) atoms. The van der Waals surface area contributed by atoms with Gasteiger partial charge in [0.25, 0.3) is 5.91 Å². The van der Waals surface area contributed by atoms with Crippen molar-refractivity contribution in [3.8, 4) is 0 Å². The summed E-state index contributed by atoms with van der Waals surface area (Å²) in [5.74, 6) is 0.482. The Morgan fingerprint density at radius 3 is 2.78 bits per heavy atom. The fourth-order valence-corrected chi connectivity index (χ4v) is 4.81. The lowest BCUT2D eigenvalue weighted by Gasteiger charge is -2.26.